The molecule has 0 aliphatic rings. The number of rotatable bonds is 5. The van der Waals surface area contributed by atoms with E-state index in [-0.39, 0.29) is 18.3 Å². The lowest BCUT2D eigenvalue weighted by Crippen LogP contribution is -2.36. The lowest BCUT2D eigenvalue weighted by atomic mass is 10.1. The summed E-state index contributed by atoms with van der Waals surface area (Å²) in [6, 6.07) is 12.7. The number of benzene rings is 2. The number of hydrogen-bond donors (Lipinski definition) is 2. The molecular formula is C18H16FN3O3. The number of aromatic amines is 1. The molecule has 6 nitrogen and oxygen atoms in total. The van der Waals surface area contributed by atoms with Crippen molar-refractivity contribution in [1.29, 1.82) is 0 Å². The quantitative estimate of drug-likeness (QED) is 0.731. The van der Waals surface area contributed by atoms with Gasteiger partial charge in [-0.15, -0.1) is 0 Å². The van der Waals surface area contributed by atoms with Crippen molar-refractivity contribution in [3.63, 3.8) is 0 Å². The van der Waals surface area contributed by atoms with Gasteiger partial charge in [-0.05, 0) is 36.2 Å². The first-order chi connectivity index (χ1) is 12.0. The third-order valence-electron chi connectivity index (χ3n) is 3.83. The Balaban J connectivity index is 1.70. The highest BCUT2D eigenvalue weighted by atomic mass is 19.1. The highest BCUT2D eigenvalue weighted by Gasteiger charge is 2.10. The molecule has 0 unspecified atom stereocenters. The van der Waals surface area contributed by atoms with Crippen LogP contribution in [0.4, 0.5) is 4.39 Å². The van der Waals surface area contributed by atoms with Gasteiger partial charge in [-0.2, -0.15) is 0 Å². The van der Waals surface area contributed by atoms with Crippen molar-refractivity contribution in [2.24, 2.45) is 0 Å². The lowest BCUT2D eigenvalue weighted by Gasteiger charge is -2.10. The molecule has 25 heavy (non-hydrogen) atoms. The van der Waals surface area contributed by atoms with Crippen LogP contribution < -0.4 is 16.6 Å². The van der Waals surface area contributed by atoms with Gasteiger partial charge in [0.05, 0.1) is 10.9 Å². The second-order valence-electron chi connectivity index (χ2n) is 5.59. The Kier molecular flexibility index (Phi) is 4.74. The minimum atomic E-state index is -0.635. The fourth-order valence-corrected chi connectivity index (χ4v) is 2.64. The molecular weight excluding hydrogens is 325 g/mol. The number of halogens is 1. The molecule has 0 aliphatic heterocycles. The molecule has 1 aromatic heterocycles. The van der Waals surface area contributed by atoms with Crippen molar-refractivity contribution in [3.8, 4) is 0 Å². The van der Waals surface area contributed by atoms with Gasteiger partial charge in [-0.25, -0.2) is 9.18 Å². The number of H-pyrrole nitrogens is 1. The van der Waals surface area contributed by atoms with Crippen LogP contribution in [0.2, 0.25) is 0 Å². The second kappa shape index (κ2) is 7.12. The third kappa shape index (κ3) is 3.82. The molecule has 0 saturated heterocycles. The van der Waals surface area contributed by atoms with E-state index in [0.717, 1.165) is 5.56 Å². The maximum absolute atomic E-state index is 13.1. The number of carbonyl (C=O) groups is 1. The topological polar surface area (TPSA) is 84.0 Å². The van der Waals surface area contributed by atoms with E-state index in [4.69, 9.17) is 0 Å². The maximum atomic E-state index is 13.1. The first-order valence-electron chi connectivity index (χ1n) is 7.77. The minimum Gasteiger partial charge on any atom is -0.354 e. The van der Waals surface area contributed by atoms with Crippen molar-refractivity contribution in [1.82, 2.24) is 14.9 Å². The second-order valence-corrected chi connectivity index (χ2v) is 5.59. The molecule has 1 heterocycles. The first kappa shape index (κ1) is 16.6. The van der Waals surface area contributed by atoms with Crippen LogP contribution in [0.1, 0.15) is 5.56 Å². The molecule has 0 fully saturated rings. The van der Waals surface area contributed by atoms with Crippen LogP contribution in [-0.2, 0) is 17.8 Å². The minimum absolute atomic E-state index is 0.209. The monoisotopic (exact) mass is 341 g/mol. The van der Waals surface area contributed by atoms with Crippen molar-refractivity contribution >= 4 is 16.8 Å². The van der Waals surface area contributed by atoms with Gasteiger partial charge >= 0.3 is 5.69 Å². The number of carbonyl (C=O) groups excluding carboxylic acids is 1. The Hall–Kier alpha value is -3.22. The first-order valence-corrected chi connectivity index (χ1v) is 7.77. The Morgan fingerprint density at radius 3 is 2.72 bits per heavy atom. The summed E-state index contributed by atoms with van der Waals surface area (Å²) >= 11 is 0. The van der Waals surface area contributed by atoms with Gasteiger partial charge in [0.1, 0.15) is 12.4 Å². The van der Waals surface area contributed by atoms with Gasteiger partial charge in [0, 0.05) is 6.54 Å². The van der Waals surface area contributed by atoms with Gasteiger partial charge in [0.25, 0.3) is 5.56 Å². The summed E-state index contributed by atoms with van der Waals surface area (Å²) < 4.78 is 14.3. The normalized spacial score (nSPS) is 10.8. The van der Waals surface area contributed by atoms with Crippen LogP contribution in [0.3, 0.4) is 0 Å². The summed E-state index contributed by atoms with van der Waals surface area (Å²) in [5, 5.41) is 3.03. The van der Waals surface area contributed by atoms with Crippen LogP contribution in [0.25, 0.3) is 10.9 Å². The predicted octanol–water partition coefficient (Wildman–Crippen LogP) is 1.19. The Morgan fingerprint density at radius 2 is 1.92 bits per heavy atom. The molecule has 0 aliphatic carbocycles. The van der Waals surface area contributed by atoms with Crippen LogP contribution >= 0.6 is 0 Å². The number of para-hydroxylation sites is 1. The standard InChI is InChI=1S/C18H16FN3O3/c19-13-5-3-4-12(10-13)8-9-20-16(23)11-22-15-7-2-1-6-14(15)17(24)21-18(22)25/h1-7,10H,8-9,11H2,(H,20,23)(H,21,24,25). The van der Waals surface area contributed by atoms with E-state index >= 15 is 0 Å². The fraction of sp³-hybridized carbons (Fsp3) is 0.167. The van der Waals surface area contributed by atoms with Gasteiger partial charge < -0.3 is 5.32 Å². The molecule has 7 heteroatoms. The van der Waals surface area contributed by atoms with Crippen molar-refractivity contribution in [2.45, 2.75) is 13.0 Å². The molecule has 2 N–H and O–H groups in total. The molecule has 0 radical (unpaired) electrons. The van der Waals surface area contributed by atoms with Crippen molar-refractivity contribution in [3.05, 3.63) is 80.7 Å². The Labute approximate surface area is 141 Å². The molecule has 0 atom stereocenters. The number of hydrogen-bond acceptors (Lipinski definition) is 3. The summed E-state index contributed by atoms with van der Waals surface area (Å²) in [4.78, 5) is 38.1. The van der Waals surface area contributed by atoms with E-state index in [1.807, 2.05) is 0 Å². The smallest absolute Gasteiger partial charge is 0.329 e. The van der Waals surface area contributed by atoms with Gasteiger partial charge in [0.2, 0.25) is 5.91 Å². The number of nitrogens with one attached hydrogen (secondary N) is 2. The highest BCUT2D eigenvalue weighted by molar-refractivity contribution is 5.81. The Morgan fingerprint density at radius 1 is 1.12 bits per heavy atom. The molecule has 3 aromatic rings. The van der Waals surface area contributed by atoms with Gasteiger partial charge in [-0.3, -0.25) is 19.1 Å². The van der Waals surface area contributed by atoms with E-state index in [1.54, 1.807) is 36.4 Å². The summed E-state index contributed by atoms with van der Waals surface area (Å²) in [6.07, 6.45) is 0.477. The summed E-state index contributed by atoms with van der Waals surface area (Å²) in [7, 11) is 0. The molecule has 128 valence electrons. The number of amides is 1. The van der Waals surface area contributed by atoms with Crippen LogP contribution in [0, 0.1) is 5.82 Å². The lowest BCUT2D eigenvalue weighted by molar-refractivity contribution is -0.121. The largest absolute Gasteiger partial charge is 0.354 e. The van der Waals surface area contributed by atoms with Crippen molar-refractivity contribution < 1.29 is 9.18 Å². The van der Waals surface area contributed by atoms with Crippen LogP contribution in [-0.4, -0.2) is 22.0 Å². The van der Waals surface area contributed by atoms with E-state index in [2.05, 4.69) is 10.3 Å². The zero-order valence-electron chi connectivity index (χ0n) is 13.3. The molecule has 3 rings (SSSR count). The van der Waals surface area contributed by atoms with E-state index in [1.165, 1.54) is 16.7 Å². The molecule has 0 spiro atoms. The summed E-state index contributed by atoms with van der Waals surface area (Å²) in [5.74, 6) is -0.689. The van der Waals surface area contributed by atoms with Crippen LogP contribution in [0.5, 0.6) is 0 Å². The van der Waals surface area contributed by atoms with Crippen LogP contribution in [0.15, 0.2) is 58.1 Å². The number of fused-ring (bicyclic) bond motifs is 1. The molecule has 0 saturated carbocycles. The predicted molar refractivity (Wildman–Crippen MR) is 91.9 cm³/mol. The average Bonchev–Trinajstić information content (AvgIpc) is 2.59. The zero-order chi connectivity index (χ0) is 17.8. The maximum Gasteiger partial charge on any atom is 0.329 e. The SMILES string of the molecule is O=C(Cn1c(=O)[nH]c(=O)c2ccccc21)NCCc1cccc(F)c1. The third-order valence-corrected chi connectivity index (χ3v) is 3.83. The Bertz CT molecular complexity index is 1040. The van der Waals surface area contributed by atoms with Crippen molar-refractivity contribution in [2.75, 3.05) is 6.54 Å². The van der Waals surface area contributed by atoms with E-state index in [0.29, 0.717) is 23.9 Å². The number of nitrogens with zero attached hydrogens (tertiary/aromatic N) is 1. The van der Waals surface area contributed by atoms with Gasteiger partial charge in [0.15, 0.2) is 0 Å². The van der Waals surface area contributed by atoms with Gasteiger partial charge in [-0.1, -0.05) is 24.3 Å². The number of aromatic nitrogens is 2. The zero-order valence-corrected chi connectivity index (χ0v) is 13.3. The van der Waals surface area contributed by atoms with E-state index < -0.39 is 11.2 Å². The molecule has 2 aromatic carbocycles. The van der Waals surface area contributed by atoms with E-state index in [9.17, 15) is 18.8 Å². The fourth-order valence-electron chi connectivity index (χ4n) is 2.64. The summed E-state index contributed by atoms with van der Waals surface area (Å²) in [5.41, 5.74) is 0.0517. The molecule has 1 amide bonds. The summed E-state index contributed by atoms with van der Waals surface area (Å²) in [6.45, 7) is 0.109. The molecule has 0 bridgehead atoms. The average molecular weight is 341 g/mol. The highest BCUT2D eigenvalue weighted by Crippen LogP contribution is 2.06.